The van der Waals surface area contributed by atoms with Crippen molar-refractivity contribution < 1.29 is 0 Å². The van der Waals surface area contributed by atoms with Gasteiger partial charge < -0.3 is 4.90 Å². The van der Waals surface area contributed by atoms with Gasteiger partial charge in [0.05, 0.1) is 18.2 Å². The maximum Gasteiger partial charge on any atom is 0.117 e. The number of allylic oxidation sites excluding steroid dienone is 4. The van der Waals surface area contributed by atoms with Crippen LogP contribution in [0.1, 0.15) is 61.8 Å². The zero-order valence-electron chi connectivity index (χ0n) is 24.9. The summed E-state index contributed by atoms with van der Waals surface area (Å²) < 4.78 is 0. The van der Waals surface area contributed by atoms with Crippen LogP contribution in [-0.4, -0.2) is 42.3 Å². The molecule has 0 fully saturated rings. The summed E-state index contributed by atoms with van der Waals surface area (Å²) in [5.41, 5.74) is 6.72. The van der Waals surface area contributed by atoms with E-state index >= 15 is 0 Å². The van der Waals surface area contributed by atoms with E-state index in [0.29, 0.717) is 18.7 Å². The molecule has 0 amide bonds. The molecule has 0 saturated carbocycles. The van der Waals surface area contributed by atoms with Crippen LogP contribution in [0.5, 0.6) is 0 Å². The van der Waals surface area contributed by atoms with Crippen molar-refractivity contribution in [3.8, 4) is 6.07 Å². The van der Waals surface area contributed by atoms with Gasteiger partial charge in [0.25, 0.3) is 0 Å². The lowest BCUT2D eigenvalue weighted by Gasteiger charge is -2.28. The van der Waals surface area contributed by atoms with Gasteiger partial charge in [0.1, 0.15) is 5.84 Å². The molecule has 210 valence electrons. The van der Waals surface area contributed by atoms with E-state index in [1.807, 2.05) is 37.5 Å². The van der Waals surface area contributed by atoms with Crippen molar-refractivity contribution in [2.75, 3.05) is 26.7 Å². The summed E-state index contributed by atoms with van der Waals surface area (Å²) in [6.07, 6.45) is 17.2. The van der Waals surface area contributed by atoms with Crippen molar-refractivity contribution in [2.24, 2.45) is 4.99 Å². The summed E-state index contributed by atoms with van der Waals surface area (Å²) in [4.78, 5) is 9.18. The number of benzene rings is 2. The van der Waals surface area contributed by atoms with E-state index in [9.17, 15) is 0 Å². The van der Waals surface area contributed by atoms with Gasteiger partial charge in [-0.15, -0.1) is 0 Å². The van der Waals surface area contributed by atoms with Crippen molar-refractivity contribution >= 4 is 11.9 Å². The zero-order valence-corrected chi connectivity index (χ0v) is 24.9. The van der Waals surface area contributed by atoms with Gasteiger partial charge in [0.2, 0.25) is 0 Å². The first-order chi connectivity index (χ1) is 19.4. The first-order valence-electron chi connectivity index (χ1n) is 14.2. The predicted octanol–water partition coefficient (Wildman–Crippen LogP) is 8.49. The van der Waals surface area contributed by atoms with Gasteiger partial charge >= 0.3 is 0 Å². The minimum absolute atomic E-state index is 0.651. The Labute approximate surface area is 243 Å². The van der Waals surface area contributed by atoms with Crippen LogP contribution >= 0.6 is 0 Å². The number of amidine groups is 1. The molecule has 0 aliphatic carbocycles. The van der Waals surface area contributed by atoms with Crippen molar-refractivity contribution in [1.29, 1.82) is 5.26 Å². The molecule has 2 aromatic rings. The van der Waals surface area contributed by atoms with Crippen LogP contribution < -0.4 is 0 Å². The fourth-order valence-corrected chi connectivity index (χ4v) is 4.56. The topological polar surface area (TPSA) is 42.6 Å². The molecule has 0 saturated heterocycles. The van der Waals surface area contributed by atoms with Gasteiger partial charge in [-0.1, -0.05) is 92.4 Å². The molecule has 0 spiro atoms. The smallest absolute Gasteiger partial charge is 0.117 e. The average molecular weight is 535 g/mol. The van der Waals surface area contributed by atoms with E-state index in [-0.39, 0.29) is 0 Å². The molecule has 2 rings (SSSR count). The SMILES string of the molecule is C=CN(Cc1ccc(C#N)cc1)C(CN(CCCCC(/C=C\C)=C/CC)CC(=C)/C=C\c1ccccc1C)=NC. The van der Waals surface area contributed by atoms with Gasteiger partial charge in [-0.2, -0.15) is 5.26 Å². The predicted molar refractivity (Wildman–Crippen MR) is 173 cm³/mol. The van der Waals surface area contributed by atoms with Crippen LogP contribution in [0.3, 0.4) is 0 Å². The second kappa shape index (κ2) is 18.4. The number of aryl methyl sites for hydroxylation is 1. The maximum atomic E-state index is 9.12. The third-order valence-electron chi connectivity index (χ3n) is 6.76. The lowest BCUT2D eigenvalue weighted by molar-refractivity contribution is 0.319. The Morgan fingerprint density at radius 1 is 1.05 bits per heavy atom. The number of aliphatic imine (C=N–C) groups is 1. The Balaban J connectivity index is 2.14. The minimum atomic E-state index is 0.651. The van der Waals surface area contributed by atoms with Crippen LogP contribution in [0.25, 0.3) is 6.08 Å². The monoisotopic (exact) mass is 534 g/mol. The average Bonchev–Trinajstić information content (AvgIpc) is 2.96. The molecule has 0 radical (unpaired) electrons. The summed E-state index contributed by atoms with van der Waals surface area (Å²) in [5, 5.41) is 9.12. The molecule has 0 aliphatic heterocycles. The van der Waals surface area contributed by atoms with Crippen LogP contribution in [0.4, 0.5) is 0 Å². The quantitative estimate of drug-likeness (QED) is 0.0938. The van der Waals surface area contributed by atoms with Crippen LogP contribution in [0.15, 0.2) is 108 Å². The standard InChI is InChI=1S/C36H46N4/c1-7-14-32(15-8-2)17-12-13-25-39(27-30(4)19-24-35-18-11-10-16-31(35)5)29-36(38-6)40(9-3)28-34-22-20-33(26-37)21-23-34/h7,9-11,14-16,18-24H,3-4,8,12-13,17,25,27-29H2,1-2,5-6H3/b14-7-,24-19-,32-15+,38-36?. The summed E-state index contributed by atoms with van der Waals surface area (Å²) in [6.45, 7) is 17.9. The molecule has 4 heteroatoms. The Kier molecular flexibility index (Phi) is 14.8. The van der Waals surface area contributed by atoms with Crippen molar-refractivity contribution in [3.05, 3.63) is 126 Å². The molecule has 0 aliphatic rings. The molecule has 0 unspecified atom stereocenters. The number of hydrogen-bond donors (Lipinski definition) is 0. The third kappa shape index (κ3) is 11.4. The highest BCUT2D eigenvalue weighted by Crippen LogP contribution is 2.15. The Bertz CT molecular complexity index is 1240. The van der Waals surface area contributed by atoms with Crippen molar-refractivity contribution in [2.45, 2.75) is 53.0 Å². The maximum absolute atomic E-state index is 9.12. The van der Waals surface area contributed by atoms with Crippen molar-refractivity contribution in [3.63, 3.8) is 0 Å². The largest absolute Gasteiger partial charge is 0.332 e. The fourth-order valence-electron chi connectivity index (χ4n) is 4.56. The molecule has 0 aromatic heterocycles. The summed E-state index contributed by atoms with van der Waals surface area (Å²) in [5.74, 6) is 0.954. The van der Waals surface area contributed by atoms with Crippen LogP contribution in [0, 0.1) is 18.3 Å². The van der Waals surface area contributed by atoms with Crippen LogP contribution in [0.2, 0.25) is 0 Å². The van der Waals surface area contributed by atoms with Gasteiger partial charge in [-0.25, -0.2) is 0 Å². The fraction of sp³-hybridized carbons (Fsp3) is 0.333. The summed E-state index contributed by atoms with van der Waals surface area (Å²) in [6, 6.07) is 18.3. The summed E-state index contributed by atoms with van der Waals surface area (Å²) in [7, 11) is 1.84. The highest BCUT2D eigenvalue weighted by molar-refractivity contribution is 5.85. The molecule has 2 aromatic carbocycles. The highest BCUT2D eigenvalue weighted by Gasteiger charge is 2.15. The van der Waals surface area contributed by atoms with E-state index in [4.69, 9.17) is 5.26 Å². The number of unbranched alkanes of at least 4 members (excludes halogenated alkanes) is 1. The number of nitrogens with zero attached hydrogens (tertiary/aromatic N) is 4. The van der Waals surface area contributed by atoms with Crippen LogP contribution in [-0.2, 0) is 6.54 Å². The molecule has 0 atom stereocenters. The second-order valence-electron chi connectivity index (χ2n) is 9.96. The van der Waals surface area contributed by atoms with E-state index in [1.54, 1.807) is 0 Å². The molecule has 40 heavy (non-hydrogen) atoms. The molecule has 0 N–H and O–H groups in total. The first kappa shape index (κ1) is 32.3. The first-order valence-corrected chi connectivity index (χ1v) is 14.2. The highest BCUT2D eigenvalue weighted by atomic mass is 15.2. The van der Waals surface area contributed by atoms with E-state index < -0.39 is 0 Å². The van der Waals surface area contributed by atoms with Gasteiger partial charge in [-0.05, 0) is 86.7 Å². The summed E-state index contributed by atoms with van der Waals surface area (Å²) >= 11 is 0. The Hall–Kier alpha value is -3.94. The number of rotatable bonds is 16. The lowest BCUT2D eigenvalue weighted by atomic mass is 10.1. The molecule has 0 bridgehead atoms. The third-order valence-corrected chi connectivity index (χ3v) is 6.76. The lowest BCUT2D eigenvalue weighted by Crippen LogP contribution is -2.39. The Morgan fingerprint density at radius 3 is 2.42 bits per heavy atom. The molecule has 0 heterocycles. The van der Waals surface area contributed by atoms with E-state index in [2.05, 4.69) is 109 Å². The molecular weight excluding hydrogens is 488 g/mol. The van der Waals surface area contributed by atoms with Gasteiger partial charge in [0, 0.05) is 20.1 Å². The Morgan fingerprint density at radius 2 is 1.80 bits per heavy atom. The van der Waals surface area contributed by atoms with E-state index in [1.165, 1.54) is 16.7 Å². The molecular formula is C36H46N4. The van der Waals surface area contributed by atoms with Gasteiger partial charge in [0.15, 0.2) is 0 Å². The van der Waals surface area contributed by atoms with Crippen molar-refractivity contribution in [1.82, 2.24) is 9.80 Å². The number of hydrogen-bond acceptors (Lipinski definition) is 3. The van der Waals surface area contributed by atoms with Gasteiger partial charge in [-0.3, -0.25) is 9.89 Å². The van der Waals surface area contributed by atoms with E-state index in [0.717, 1.165) is 55.7 Å². The number of nitriles is 1. The molecule has 4 nitrogen and oxygen atoms in total. The minimum Gasteiger partial charge on any atom is -0.332 e. The zero-order chi connectivity index (χ0) is 29.2. The second-order valence-corrected chi connectivity index (χ2v) is 9.96. The normalized spacial score (nSPS) is 12.3.